The molecule has 1 unspecified atom stereocenters. The molecule has 0 amide bonds. The molecule has 1 aromatic carbocycles. The number of nitrogens with one attached hydrogen (secondary N) is 1. The predicted molar refractivity (Wildman–Crippen MR) is 87.4 cm³/mol. The van der Waals surface area contributed by atoms with E-state index in [1.54, 1.807) is 7.11 Å². The molecule has 0 aromatic heterocycles. The van der Waals surface area contributed by atoms with Crippen molar-refractivity contribution in [1.29, 1.82) is 0 Å². The van der Waals surface area contributed by atoms with Crippen molar-refractivity contribution in [3.05, 3.63) is 35.4 Å². The third-order valence-electron chi connectivity index (χ3n) is 3.74. The van der Waals surface area contributed by atoms with E-state index in [9.17, 15) is 0 Å². The highest BCUT2D eigenvalue weighted by Gasteiger charge is 2.17. The largest absolute Gasteiger partial charge is 0.383 e. The number of benzene rings is 1. The SMILES string of the molecule is COCCNCC(CCC(C)(C)C)c1ccccc1C. The number of methoxy groups -OCH3 is 1. The molecule has 0 fully saturated rings. The summed E-state index contributed by atoms with van der Waals surface area (Å²) in [5, 5.41) is 3.52. The molecule has 0 spiro atoms. The first kappa shape index (κ1) is 17.2. The van der Waals surface area contributed by atoms with Gasteiger partial charge in [0.05, 0.1) is 6.61 Å². The number of rotatable bonds is 8. The van der Waals surface area contributed by atoms with Crippen LogP contribution in [0.5, 0.6) is 0 Å². The van der Waals surface area contributed by atoms with Gasteiger partial charge >= 0.3 is 0 Å². The fraction of sp³-hybridized carbons (Fsp3) is 0.667. The Morgan fingerprint density at radius 1 is 1.20 bits per heavy atom. The Hall–Kier alpha value is -0.860. The van der Waals surface area contributed by atoms with Crippen molar-refractivity contribution in [1.82, 2.24) is 5.32 Å². The van der Waals surface area contributed by atoms with E-state index in [4.69, 9.17) is 4.74 Å². The second-order valence-corrected chi connectivity index (χ2v) is 6.85. The predicted octanol–water partition coefficient (Wildman–Crippen LogP) is 4.14. The maximum absolute atomic E-state index is 5.10. The Labute approximate surface area is 124 Å². The van der Waals surface area contributed by atoms with Crippen LogP contribution >= 0.6 is 0 Å². The van der Waals surface area contributed by atoms with Crippen LogP contribution in [0.2, 0.25) is 0 Å². The minimum absolute atomic E-state index is 0.396. The van der Waals surface area contributed by atoms with E-state index in [0.717, 1.165) is 19.7 Å². The van der Waals surface area contributed by atoms with Crippen molar-refractivity contribution in [2.24, 2.45) is 5.41 Å². The van der Waals surface area contributed by atoms with Crippen LogP contribution in [-0.2, 0) is 4.74 Å². The zero-order valence-electron chi connectivity index (χ0n) is 13.8. The molecular formula is C18H31NO. The van der Waals surface area contributed by atoms with Gasteiger partial charge in [-0.1, -0.05) is 45.0 Å². The highest BCUT2D eigenvalue weighted by molar-refractivity contribution is 5.29. The summed E-state index contributed by atoms with van der Waals surface area (Å²) in [7, 11) is 1.75. The lowest BCUT2D eigenvalue weighted by atomic mass is 9.83. The second kappa shape index (κ2) is 8.43. The quantitative estimate of drug-likeness (QED) is 0.721. The summed E-state index contributed by atoms with van der Waals surface area (Å²) in [6, 6.07) is 8.77. The maximum atomic E-state index is 5.10. The number of aryl methyl sites for hydroxylation is 1. The van der Waals surface area contributed by atoms with Gasteiger partial charge in [-0.15, -0.1) is 0 Å². The van der Waals surface area contributed by atoms with Crippen LogP contribution in [0.1, 0.15) is 50.7 Å². The highest BCUT2D eigenvalue weighted by Crippen LogP contribution is 2.30. The van der Waals surface area contributed by atoms with Gasteiger partial charge in [-0.2, -0.15) is 0 Å². The zero-order valence-corrected chi connectivity index (χ0v) is 13.8. The molecule has 114 valence electrons. The Bertz CT molecular complexity index is 381. The van der Waals surface area contributed by atoms with Gasteiger partial charge in [-0.25, -0.2) is 0 Å². The van der Waals surface area contributed by atoms with E-state index in [1.165, 1.54) is 24.0 Å². The molecule has 0 bridgehead atoms. The summed E-state index contributed by atoms with van der Waals surface area (Å²) in [5.74, 6) is 0.590. The van der Waals surface area contributed by atoms with E-state index in [1.807, 2.05) is 0 Å². The first-order valence-electron chi connectivity index (χ1n) is 7.69. The van der Waals surface area contributed by atoms with Crippen LogP contribution < -0.4 is 5.32 Å². The topological polar surface area (TPSA) is 21.3 Å². The molecule has 2 heteroatoms. The molecule has 1 atom stereocenters. The first-order valence-corrected chi connectivity index (χ1v) is 7.69. The fourth-order valence-electron chi connectivity index (χ4n) is 2.47. The smallest absolute Gasteiger partial charge is 0.0587 e. The van der Waals surface area contributed by atoms with E-state index in [0.29, 0.717) is 11.3 Å². The van der Waals surface area contributed by atoms with Crippen molar-refractivity contribution in [3.63, 3.8) is 0 Å². The van der Waals surface area contributed by atoms with Gasteiger partial charge in [-0.3, -0.25) is 0 Å². The third kappa shape index (κ3) is 6.53. The van der Waals surface area contributed by atoms with Gasteiger partial charge in [0.1, 0.15) is 0 Å². The third-order valence-corrected chi connectivity index (χ3v) is 3.74. The van der Waals surface area contributed by atoms with E-state index in [-0.39, 0.29) is 0 Å². The Morgan fingerprint density at radius 2 is 1.90 bits per heavy atom. The minimum Gasteiger partial charge on any atom is -0.383 e. The maximum Gasteiger partial charge on any atom is 0.0587 e. The molecule has 0 aliphatic carbocycles. The molecule has 0 saturated heterocycles. The molecule has 1 aromatic rings. The molecular weight excluding hydrogens is 246 g/mol. The van der Waals surface area contributed by atoms with Crippen molar-refractivity contribution in [2.75, 3.05) is 26.8 Å². The number of ether oxygens (including phenoxy) is 1. The van der Waals surface area contributed by atoms with Crippen LogP contribution in [0.25, 0.3) is 0 Å². The summed E-state index contributed by atoms with van der Waals surface area (Å²) in [6.07, 6.45) is 2.48. The average molecular weight is 277 g/mol. The summed E-state index contributed by atoms with van der Waals surface area (Å²) in [4.78, 5) is 0. The van der Waals surface area contributed by atoms with Crippen molar-refractivity contribution in [2.45, 2.75) is 46.5 Å². The Kier molecular flexibility index (Phi) is 7.25. The van der Waals surface area contributed by atoms with Crippen LogP contribution in [0, 0.1) is 12.3 Å². The van der Waals surface area contributed by atoms with Crippen LogP contribution in [0.3, 0.4) is 0 Å². The molecule has 2 nitrogen and oxygen atoms in total. The second-order valence-electron chi connectivity index (χ2n) is 6.85. The monoisotopic (exact) mass is 277 g/mol. The van der Waals surface area contributed by atoms with Gasteiger partial charge in [0.2, 0.25) is 0 Å². The summed E-state index contributed by atoms with van der Waals surface area (Å²) >= 11 is 0. The fourth-order valence-corrected chi connectivity index (χ4v) is 2.47. The summed E-state index contributed by atoms with van der Waals surface area (Å²) in [5.41, 5.74) is 3.29. The lowest BCUT2D eigenvalue weighted by Crippen LogP contribution is -2.26. The first-order chi connectivity index (χ1) is 9.44. The van der Waals surface area contributed by atoms with Crippen molar-refractivity contribution >= 4 is 0 Å². The highest BCUT2D eigenvalue weighted by atomic mass is 16.5. The van der Waals surface area contributed by atoms with Crippen LogP contribution in [-0.4, -0.2) is 26.8 Å². The molecule has 0 saturated carbocycles. The van der Waals surface area contributed by atoms with E-state index < -0.39 is 0 Å². The van der Waals surface area contributed by atoms with Gasteiger partial charge in [0.15, 0.2) is 0 Å². The van der Waals surface area contributed by atoms with Gasteiger partial charge in [0, 0.05) is 20.2 Å². The lowest BCUT2D eigenvalue weighted by molar-refractivity contribution is 0.198. The van der Waals surface area contributed by atoms with Gasteiger partial charge in [-0.05, 0) is 42.2 Å². The Balaban J connectivity index is 2.66. The van der Waals surface area contributed by atoms with Crippen molar-refractivity contribution in [3.8, 4) is 0 Å². The molecule has 0 radical (unpaired) electrons. The molecule has 1 rings (SSSR count). The summed E-state index contributed by atoms with van der Waals surface area (Å²) < 4.78 is 5.10. The molecule has 20 heavy (non-hydrogen) atoms. The average Bonchev–Trinajstić information content (AvgIpc) is 2.38. The molecule has 0 aliphatic heterocycles. The Morgan fingerprint density at radius 3 is 2.50 bits per heavy atom. The van der Waals surface area contributed by atoms with E-state index in [2.05, 4.69) is 57.3 Å². The van der Waals surface area contributed by atoms with E-state index >= 15 is 0 Å². The normalized spacial score (nSPS) is 13.4. The van der Waals surface area contributed by atoms with Crippen LogP contribution in [0.15, 0.2) is 24.3 Å². The molecule has 0 aliphatic rings. The standard InChI is InChI=1S/C18H31NO/c1-15-8-6-7-9-17(15)16(10-11-18(2,3)4)14-19-12-13-20-5/h6-9,16,19H,10-14H2,1-5H3. The lowest BCUT2D eigenvalue weighted by Gasteiger charge is -2.25. The van der Waals surface area contributed by atoms with Crippen LogP contribution in [0.4, 0.5) is 0 Å². The molecule has 0 heterocycles. The number of hydrogen-bond donors (Lipinski definition) is 1. The zero-order chi connectivity index (χ0) is 15.0. The van der Waals surface area contributed by atoms with Gasteiger partial charge < -0.3 is 10.1 Å². The van der Waals surface area contributed by atoms with Gasteiger partial charge in [0.25, 0.3) is 0 Å². The molecule has 1 N–H and O–H groups in total. The van der Waals surface area contributed by atoms with Crippen molar-refractivity contribution < 1.29 is 4.74 Å². The minimum atomic E-state index is 0.396. The summed E-state index contributed by atoms with van der Waals surface area (Å²) in [6.45, 7) is 11.9. The number of hydrogen-bond acceptors (Lipinski definition) is 2.